The van der Waals surface area contributed by atoms with Gasteiger partial charge in [-0.3, -0.25) is 0 Å². The van der Waals surface area contributed by atoms with Gasteiger partial charge in [0, 0.05) is 17.1 Å². The molecular formula is C12H10ClN5O. The van der Waals surface area contributed by atoms with E-state index in [1.54, 1.807) is 12.1 Å². The van der Waals surface area contributed by atoms with Crippen LogP contribution in [-0.4, -0.2) is 19.9 Å². The maximum atomic E-state index is 5.96. The maximum Gasteiger partial charge on any atom is 0.248 e. The highest BCUT2D eigenvalue weighted by Gasteiger charge is 2.10. The van der Waals surface area contributed by atoms with Crippen LogP contribution in [0.25, 0.3) is 11.2 Å². The first-order valence-electron chi connectivity index (χ1n) is 5.58. The van der Waals surface area contributed by atoms with Crippen molar-refractivity contribution in [2.45, 2.75) is 6.54 Å². The molecule has 0 aliphatic carbocycles. The van der Waals surface area contributed by atoms with E-state index in [0.717, 1.165) is 5.56 Å². The molecule has 0 bridgehead atoms. The van der Waals surface area contributed by atoms with E-state index in [9.17, 15) is 0 Å². The topological polar surface area (TPSA) is 89.7 Å². The van der Waals surface area contributed by atoms with Gasteiger partial charge in [0.25, 0.3) is 0 Å². The van der Waals surface area contributed by atoms with Crippen LogP contribution >= 0.6 is 11.6 Å². The van der Waals surface area contributed by atoms with Gasteiger partial charge in [0.2, 0.25) is 5.88 Å². The summed E-state index contributed by atoms with van der Waals surface area (Å²) < 4.78 is 5.77. The van der Waals surface area contributed by atoms with Crippen LogP contribution in [0.3, 0.4) is 0 Å². The van der Waals surface area contributed by atoms with E-state index in [1.165, 1.54) is 12.7 Å². The van der Waals surface area contributed by atoms with Crippen molar-refractivity contribution >= 4 is 22.8 Å². The van der Waals surface area contributed by atoms with Gasteiger partial charge in [-0.15, -0.1) is 0 Å². The summed E-state index contributed by atoms with van der Waals surface area (Å²) in [6, 6.07) is 5.29. The molecule has 0 fully saturated rings. The first-order chi connectivity index (χ1) is 9.28. The number of aromatic amines is 1. The Labute approximate surface area is 113 Å². The molecule has 0 aliphatic rings. The lowest BCUT2D eigenvalue weighted by Gasteiger charge is -2.09. The number of nitrogens with one attached hydrogen (secondary N) is 1. The highest BCUT2D eigenvalue weighted by molar-refractivity contribution is 6.30. The Morgan fingerprint density at radius 2 is 2.16 bits per heavy atom. The zero-order valence-corrected chi connectivity index (χ0v) is 10.6. The first kappa shape index (κ1) is 11.9. The van der Waals surface area contributed by atoms with Crippen molar-refractivity contribution in [1.29, 1.82) is 0 Å². The molecule has 0 saturated heterocycles. The summed E-state index contributed by atoms with van der Waals surface area (Å²) >= 11 is 5.96. The number of halogens is 1. The lowest BCUT2D eigenvalue weighted by molar-refractivity contribution is 0.461. The molecule has 6 nitrogen and oxygen atoms in total. The Bertz CT molecular complexity index is 727. The van der Waals surface area contributed by atoms with Gasteiger partial charge in [0.15, 0.2) is 5.65 Å². The second-order valence-corrected chi connectivity index (χ2v) is 4.27. The molecule has 1 aromatic carbocycles. The number of benzene rings is 1. The fourth-order valence-corrected chi connectivity index (χ4v) is 1.88. The predicted molar refractivity (Wildman–Crippen MR) is 71.1 cm³/mol. The number of hydrogen-bond donors (Lipinski definition) is 2. The number of aromatic nitrogens is 4. The molecule has 0 aliphatic heterocycles. The summed E-state index contributed by atoms with van der Waals surface area (Å²) in [5.74, 6) is 0.962. The minimum atomic E-state index is 0.351. The quantitative estimate of drug-likeness (QED) is 0.765. The first-order valence-corrected chi connectivity index (χ1v) is 5.96. The van der Waals surface area contributed by atoms with E-state index in [4.69, 9.17) is 22.1 Å². The van der Waals surface area contributed by atoms with Gasteiger partial charge in [0.1, 0.15) is 17.6 Å². The molecule has 2 heterocycles. The zero-order chi connectivity index (χ0) is 13.2. The number of imidazole rings is 1. The monoisotopic (exact) mass is 275 g/mol. The Hall–Kier alpha value is -2.18. The van der Waals surface area contributed by atoms with Crippen LogP contribution in [-0.2, 0) is 6.54 Å². The third-order valence-electron chi connectivity index (χ3n) is 2.64. The molecule has 96 valence electrons. The van der Waals surface area contributed by atoms with Crippen LogP contribution in [0.1, 0.15) is 5.56 Å². The lowest BCUT2D eigenvalue weighted by atomic mass is 10.2. The minimum Gasteiger partial charge on any atom is -0.437 e. The molecule has 0 unspecified atom stereocenters. The van der Waals surface area contributed by atoms with Crippen LogP contribution in [0, 0.1) is 0 Å². The van der Waals surface area contributed by atoms with Crippen molar-refractivity contribution in [3.05, 3.63) is 41.4 Å². The second-order valence-electron chi connectivity index (χ2n) is 3.84. The fourth-order valence-electron chi connectivity index (χ4n) is 1.72. The summed E-state index contributed by atoms with van der Waals surface area (Å²) in [5, 5.41) is 0.571. The van der Waals surface area contributed by atoms with E-state index in [-0.39, 0.29) is 0 Å². The molecule has 0 spiro atoms. The average molecular weight is 276 g/mol. The molecule has 3 N–H and O–H groups in total. The molecule has 3 rings (SSSR count). The summed E-state index contributed by atoms with van der Waals surface area (Å²) in [4.78, 5) is 15.1. The molecule has 0 saturated carbocycles. The third-order valence-corrected chi connectivity index (χ3v) is 2.88. The summed E-state index contributed by atoms with van der Waals surface area (Å²) in [7, 11) is 0. The average Bonchev–Trinajstić information content (AvgIpc) is 2.88. The van der Waals surface area contributed by atoms with Gasteiger partial charge in [-0.2, -0.15) is 4.98 Å². The maximum absolute atomic E-state index is 5.96. The minimum absolute atomic E-state index is 0.351. The summed E-state index contributed by atoms with van der Waals surface area (Å²) in [6.07, 6.45) is 2.93. The van der Waals surface area contributed by atoms with Crippen LogP contribution in [0.4, 0.5) is 0 Å². The van der Waals surface area contributed by atoms with Crippen molar-refractivity contribution in [3.63, 3.8) is 0 Å². The van der Waals surface area contributed by atoms with Gasteiger partial charge in [-0.25, -0.2) is 9.97 Å². The van der Waals surface area contributed by atoms with Crippen LogP contribution < -0.4 is 10.5 Å². The molecule has 19 heavy (non-hydrogen) atoms. The van der Waals surface area contributed by atoms with E-state index in [2.05, 4.69) is 19.9 Å². The predicted octanol–water partition coefficient (Wildman–Crippen LogP) is 2.26. The molecule has 2 aromatic heterocycles. The van der Waals surface area contributed by atoms with Crippen LogP contribution in [0.15, 0.2) is 30.9 Å². The molecular weight excluding hydrogens is 266 g/mol. The number of rotatable bonds is 3. The largest absolute Gasteiger partial charge is 0.437 e. The van der Waals surface area contributed by atoms with Gasteiger partial charge < -0.3 is 15.5 Å². The summed E-state index contributed by atoms with van der Waals surface area (Å²) in [6.45, 7) is 0.351. The van der Waals surface area contributed by atoms with E-state index in [1.807, 2.05) is 6.07 Å². The zero-order valence-electron chi connectivity index (χ0n) is 9.80. The molecule has 0 amide bonds. The Kier molecular flexibility index (Phi) is 3.02. The smallest absolute Gasteiger partial charge is 0.248 e. The Balaban J connectivity index is 2.05. The third kappa shape index (κ3) is 2.23. The van der Waals surface area contributed by atoms with Crippen molar-refractivity contribution < 1.29 is 4.74 Å². The number of ether oxygens (including phenoxy) is 1. The normalized spacial score (nSPS) is 10.8. The van der Waals surface area contributed by atoms with E-state index >= 15 is 0 Å². The SMILES string of the molecule is NCc1ccc(Cl)cc1Oc1ncnc2nc[nH]c12. The molecule has 0 radical (unpaired) electrons. The highest BCUT2D eigenvalue weighted by atomic mass is 35.5. The molecule has 0 atom stereocenters. The molecule has 7 heteroatoms. The summed E-state index contributed by atoms with van der Waals surface area (Å²) in [5.41, 5.74) is 7.69. The second kappa shape index (κ2) is 4.83. The van der Waals surface area contributed by atoms with Crippen molar-refractivity contribution in [2.24, 2.45) is 5.73 Å². The van der Waals surface area contributed by atoms with Crippen LogP contribution in [0.5, 0.6) is 11.6 Å². The van der Waals surface area contributed by atoms with Gasteiger partial charge in [-0.1, -0.05) is 17.7 Å². The number of fused-ring (bicyclic) bond motifs is 1. The van der Waals surface area contributed by atoms with Gasteiger partial charge in [0.05, 0.1) is 6.33 Å². The number of hydrogen-bond acceptors (Lipinski definition) is 5. The van der Waals surface area contributed by atoms with Gasteiger partial charge in [-0.05, 0) is 12.1 Å². The van der Waals surface area contributed by atoms with E-state index in [0.29, 0.717) is 34.4 Å². The molecule has 3 aromatic rings. The van der Waals surface area contributed by atoms with Gasteiger partial charge >= 0.3 is 0 Å². The Morgan fingerprint density at radius 1 is 1.26 bits per heavy atom. The number of nitrogens with zero attached hydrogens (tertiary/aromatic N) is 3. The van der Waals surface area contributed by atoms with E-state index < -0.39 is 0 Å². The fraction of sp³-hybridized carbons (Fsp3) is 0.0833. The highest BCUT2D eigenvalue weighted by Crippen LogP contribution is 2.29. The number of H-pyrrole nitrogens is 1. The Morgan fingerprint density at radius 3 is 3.00 bits per heavy atom. The van der Waals surface area contributed by atoms with Crippen molar-refractivity contribution in [1.82, 2.24) is 19.9 Å². The standard InChI is InChI=1S/C12H10ClN5O/c13-8-2-1-7(4-14)9(3-8)19-12-10-11(16-5-15-10)17-6-18-12/h1-3,5-6H,4,14H2,(H,15,16,17,18). The van der Waals surface area contributed by atoms with Crippen molar-refractivity contribution in [3.8, 4) is 11.6 Å². The van der Waals surface area contributed by atoms with Crippen molar-refractivity contribution in [2.75, 3.05) is 0 Å². The number of nitrogens with two attached hydrogens (primary N) is 1. The van der Waals surface area contributed by atoms with Crippen LogP contribution in [0.2, 0.25) is 5.02 Å². The lowest BCUT2D eigenvalue weighted by Crippen LogP contribution is -2.00.